The lowest BCUT2D eigenvalue weighted by Gasteiger charge is -2.12. The number of nitro benzene ring substituents is 2. The number of phenolic OH excluding ortho intramolecular Hbond substituents is 1. The normalized spacial score (nSPS) is 11.1. The van der Waals surface area contributed by atoms with Crippen LogP contribution < -0.4 is 0 Å². The molecule has 2 aromatic carbocycles. The Morgan fingerprint density at radius 3 is 2.32 bits per heavy atom. The van der Waals surface area contributed by atoms with E-state index >= 15 is 0 Å². The SMILES string of the molecule is CCOC(=O)c1cc2c(O)c(N=Nc3ccc([N+](=O)[O-])cc3[N+](=O)[O-])c3[nH]c(C(=O)OC)cc(C(=O)OC)c3c2n1. The molecule has 2 N–H and O–H groups in total. The molecule has 0 aliphatic carbocycles. The summed E-state index contributed by atoms with van der Waals surface area (Å²) in [5.41, 5.74) is -3.22. The molecule has 0 aliphatic rings. The number of nitrogens with one attached hydrogen (secondary N) is 1. The summed E-state index contributed by atoms with van der Waals surface area (Å²) in [4.78, 5) is 65.4. The molecule has 0 bridgehead atoms. The van der Waals surface area contributed by atoms with Crippen LogP contribution in [0, 0.1) is 20.2 Å². The molecular weight excluding hydrogens is 548 g/mol. The summed E-state index contributed by atoms with van der Waals surface area (Å²) in [6.07, 6.45) is 0. The molecule has 2 aromatic heterocycles. The van der Waals surface area contributed by atoms with E-state index in [9.17, 15) is 39.7 Å². The van der Waals surface area contributed by atoms with Crippen molar-refractivity contribution in [1.29, 1.82) is 0 Å². The third-order valence-corrected chi connectivity index (χ3v) is 5.71. The van der Waals surface area contributed by atoms with Gasteiger partial charge in [0.25, 0.3) is 5.69 Å². The molecule has 0 spiro atoms. The van der Waals surface area contributed by atoms with Gasteiger partial charge in [0.2, 0.25) is 0 Å². The highest BCUT2D eigenvalue weighted by Crippen LogP contribution is 2.45. The minimum absolute atomic E-state index is 0.0198. The highest BCUT2D eigenvalue weighted by Gasteiger charge is 2.27. The number of aromatic amines is 1. The van der Waals surface area contributed by atoms with Crippen LogP contribution in [-0.4, -0.2) is 63.7 Å². The Hall–Kier alpha value is -6.00. The molecule has 41 heavy (non-hydrogen) atoms. The smallest absolute Gasteiger partial charge is 0.356 e. The molecule has 0 amide bonds. The number of benzene rings is 2. The quantitative estimate of drug-likeness (QED) is 0.0991. The van der Waals surface area contributed by atoms with E-state index in [0.29, 0.717) is 6.07 Å². The molecule has 2 heterocycles. The van der Waals surface area contributed by atoms with E-state index in [0.717, 1.165) is 32.4 Å². The number of rotatable bonds is 8. The number of nitro groups is 2. The van der Waals surface area contributed by atoms with Gasteiger partial charge < -0.3 is 24.3 Å². The Morgan fingerprint density at radius 1 is 1.00 bits per heavy atom. The maximum absolute atomic E-state index is 12.8. The molecule has 17 heteroatoms. The van der Waals surface area contributed by atoms with Gasteiger partial charge in [-0.1, -0.05) is 0 Å². The van der Waals surface area contributed by atoms with Crippen molar-refractivity contribution in [2.45, 2.75) is 6.92 Å². The van der Waals surface area contributed by atoms with Crippen molar-refractivity contribution in [1.82, 2.24) is 9.97 Å². The summed E-state index contributed by atoms with van der Waals surface area (Å²) in [7, 11) is 2.16. The molecule has 0 radical (unpaired) electrons. The van der Waals surface area contributed by atoms with E-state index in [-0.39, 0.29) is 45.4 Å². The standard InChI is InChI=1S/C24H18N6O11/c1-4-41-24(34)15-9-12-18(25-15)17-11(22(32)39-2)8-14(23(33)40-3)26-19(17)20(21(12)31)28-27-13-6-5-10(29(35)36)7-16(13)30(37)38/h5-9,26,31H,4H2,1-3H3. The van der Waals surface area contributed by atoms with Crippen LogP contribution in [0.25, 0.3) is 21.8 Å². The monoisotopic (exact) mass is 566 g/mol. The van der Waals surface area contributed by atoms with Gasteiger partial charge in [-0.15, -0.1) is 10.2 Å². The Bertz CT molecular complexity index is 1810. The van der Waals surface area contributed by atoms with E-state index in [1.807, 2.05) is 0 Å². The molecule has 0 atom stereocenters. The number of ether oxygens (including phenoxy) is 3. The Balaban J connectivity index is 2.11. The number of nitrogens with zero attached hydrogens (tertiary/aromatic N) is 5. The van der Waals surface area contributed by atoms with Crippen LogP contribution in [0.3, 0.4) is 0 Å². The van der Waals surface area contributed by atoms with Crippen molar-refractivity contribution >= 4 is 62.5 Å². The van der Waals surface area contributed by atoms with Gasteiger partial charge in [0, 0.05) is 16.8 Å². The number of pyridine rings is 1. The lowest BCUT2D eigenvalue weighted by atomic mass is 10.0. The van der Waals surface area contributed by atoms with Crippen LogP contribution in [0.1, 0.15) is 38.3 Å². The number of aromatic hydroxyl groups is 1. The number of aromatic nitrogens is 2. The lowest BCUT2D eigenvalue weighted by molar-refractivity contribution is -0.393. The second-order valence-corrected chi connectivity index (χ2v) is 8.04. The topological polar surface area (TPSA) is 239 Å². The summed E-state index contributed by atoms with van der Waals surface area (Å²) in [6.45, 7) is 1.59. The number of carbonyl (C=O) groups excluding carboxylic acids is 3. The van der Waals surface area contributed by atoms with Crippen LogP contribution in [-0.2, 0) is 14.2 Å². The van der Waals surface area contributed by atoms with E-state index in [4.69, 9.17) is 14.2 Å². The average Bonchev–Trinajstić information content (AvgIpc) is 3.41. The summed E-state index contributed by atoms with van der Waals surface area (Å²) >= 11 is 0. The summed E-state index contributed by atoms with van der Waals surface area (Å²) in [6, 6.07) is 4.90. The number of hydrogen-bond acceptors (Lipinski definition) is 14. The van der Waals surface area contributed by atoms with Crippen molar-refractivity contribution in [3.05, 3.63) is 67.5 Å². The lowest BCUT2D eigenvalue weighted by Crippen LogP contribution is -2.10. The number of hydrogen-bond donors (Lipinski definition) is 2. The fraction of sp³-hybridized carbons (Fsp3) is 0.167. The van der Waals surface area contributed by atoms with Gasteiger partial charge in [-0.25, -0.2) is 19.4 Å². The zero-order valence-electron chi connectivity index (χ0n) is 21.4. The fourth-order valence-corrected chi connectivity index (χ4v) is 3.90. The molecule has 4 aromatic rings. The number of methoxy groups -OCH3 is 2. The van der Waals surface area contributed by atoms with Crippen LogP contribution in [0.4, 0.5) is 22.7 Å². The number of carbonyl (C=O) groups is 3. The van der Waals surface area contributed by atoms with E-state index in [1.165, 1.54) is 6.07 Å². The van der Waals surface area contributed by atoms with Gasteiger partial charge in [-0.2, -0.15) is 0 Å². The Labute approximate surface area is 227 Å². The number of non-ortho nitro benzene ring substituents is 1. The van der Waals surface area contributed by atoms with Crippen molar-refractivity contribution < 1.29 is 43.5 Å². The molecule has 0 aliphatic heterocycles. The van der Waals surface area contributed by atoms with Crippen molar-refractivity contribution in [3.8, 4) is 5.75 Å². The number of fused-ring (bicyclic) bond motifs is 3. The molecule has 0 unspecified atom stereocenters. The van der Waals surface area contributed by atoms with Gasteiger partial charge in [0.05, 0.1) is 53.3 Å². The second-order valence-electron chi connectivity index (χ2n) is 8.04. The van der Waals surface area contributed by atoms with Crippen LogP contribution in [0.2, 0.25) is 0 Å². The minimum Gasteiger partial charge on any atom is -0.505 e. The van der Waals surface area contributed by atoms with Gasteiger partial charge in [0.15, 0.2) is 17.1 Å². The predicted molar refractivity (Wildman–Crippen MR) is 138 cm³/mol. The first-order valence-electron chi connectivity index (χ1n) is 11.4. The van der Waals surface area contributed by atoms with Crippen LogP contribution >= 0.6 is 0 Å². The predicted octanol–water partition coefficient (Wildman–Crippen LogP) is 4.40. The summed E-state index contributed by atoms with van der Waals surface area (Å²) < 4.78 is 14.6. The molecule has 4 rings (SSSR count). The van der Waals surface area contributed by atoms with E-state index < -0.39 is 56.3 Å². The first-order valence-corrected chi connectivity index (χ1v) is 11.4. The van der Waals surface area contributed by atoms with Gasteiger partial charge in [0.1, 0.15) is 11.4 Å². The van der Waals surface area contributed by atoms with Gasteiger partial charge in [-0.3, -0.25) is 20.2 Å². The maximum Gasteiger partial charge on any atom is 0.356 e. The first kappa shape index (κ1) is 28.0. The molecular formula is C24H18N6O11. The fourth-order valence-electron chi connectivity index (χ4n) is 3.90. The van der Waals surface area contributed by atoms with Gasteiger partial charge >= 0.3 is 23.6 Å². The molecule has 0 fully saturated rings. The van der Waals surface area contributed by atoms with Crippen molar-refractivity contribution in [2.24, 2.45) is 10.2 Å². The number of azo groups is 1. The van der Waals surface area contributed by atoms with Crippen LogP contribution in [0.15, 0.2) is 40.6 Å². The summed E-state index contributed by atoms with van der Waals surface area (Å²) in [5.74, 6) is -3.34. The molecule has 0 saturated carbocycles. The first-order chi connectivity index (χ1) is 19.5. The third-order valence-electron chi connectivity index (χ3n) is 5.71. The highest BCUT2D eigenvalue weighted by atomic mass is 16.6. The van der Waals surface area contributed by atoms with E-state index in [2.05, 4.69) is 20.2 Å². The van der Waals surface area contributed by atoms with E-state index in [1.54, 1.807) is 6.92 Å². The molecule has 0 saturated heterocycles. The number of esters is 3. The number of phenols is 1. The molecule has 17 nitrogen and oxygen atoms in total. The zero-order chi connectivity index (χ0) is 30.0. The zero-order valence-corrected chi connectivity index (χ0v) is 21.4. The number of H-pyrrole nitrogens is 1. The Morgan fingerprint density at radius 2 is 1.71 bits per heavy atom. The summed E-state index contributed by atoms with van der Waals surface area (Å²) in [5, 5.41) is 41.4. The Kier molecular flexibility index (Phi) is 7.52. The molecule has 210 valence electrons. The van der Waals surface area contributed by atoms with Crippen LogP contribution in [0.5, 0.6) is 5.75 Å². The second kappa shape index (κ2) is 11.0. The van der Waals surface area contributed by atoms with Gasteiger partial charge in [-0.05, 0) is 25.1 Å². The third kappa shape index (κ3) is 5.05. The minimum atomic E-state index is -0.935. The van der Waals surface area contributed by atoms with Crippen molar-refractivity contribution in [3.63, 3.8) is 0 Å². The average molecular weight is 566 g/mol. The highest BCUT2D eigenvalue weighted by molar-refractivity contribution is 6.21. The van der Waals surface area contributed by atoms with Crippen molar-refractivity contribution in [2.75, 3.05) is 20.8 Å². The maximum atomic E-state index is 12.8. The largest absolute Gasteiger partial charge is 0.505 e.